The van der Waals surface area contributed by atoms with E-state index in [1.165, 1.54) is 31.6 Å². The van der Waals surface area contributed by atoms with Gasteiger partial charge in [-0.15, -0.1) is 0 Å². The molecule has 0 radical (unpaired) electrons. The fourth-order valence-electron chi connectivity index (χ4n) is 3.47. The number of hydrogen-bond acceptors (Lipinski definition) is 10. The van der Waals surface area contributed by atoms with Gasteiger partial charge in [0.2, 0.25) is 11.6 Å². The molecule has 0 fully saturated rings. The molecule has 40 heavy (non-hydrogen) atoms. The lowest BCUT2D eigenvalue weighted by molar-refractivity contribution is -0.139. The van der Waals surface area contributed by atoms with E-state index >= 15 is 0 Å². The maximum Gasteiger partial charge on any atom is 0.341 e. The molecule has 0 saturated carbocycles. The summed E-state index contributed by atoms with van der Waals surface area (Å²) >= 11 is 0. The molecule has 0 unspecified atom stereocenters. The molecule has 0 aliphatic carbocycles. The van der Waals surface area contributed by atoms with Crippen LogP contribution in [-0.2, 0) is 20.2 Å². The van der Waals surface area contributed by atoms with Crippen molar-refractivity contribution in [1.82, 2.24) is 19.9 Å². The predicted octanol–water partition coefficient (Wildman–Crippen LogP) is 4.30. The quantitative estimate of drug-likeness (QED) is 0.282. The smallest absolute Gasteiger partial charge is 0.341 e. The number of para-hydroxylation sites is 2. The number of rotatable bonds is 10. The molecule has 0 bridgehead atoms. The van der Waals surface area contributed by atoms with E-state index in [4.69, 9.17) is 14.2 Å². The number of anilines is 1. The Balaban J connectivity index is 1.87. The molecule has 0 amide bonds. The standard InChI is InChI=1S/C27H27N5O7S/c1-27(2,3)17-10-12-18(13-11-17)40(35,36)32-23-22(39-20-9-6-5-8-19(20)37-4)26(38-16-21(33)34)31-25(30-23)24-28-14-7-15-29-24/h5-15H,16H2,1-4H3,(H,33,34)(H,30,31,32). The summed E-state index contributed by atoms with van der Waals surface area (Å²) in [7, 11) is -2.79. The van der Waals surface area contributed by atoms with Crippen LogP contribution < -0.4 is 18.9 Å². The normalized spacial score (nSPS) is 11.5. The Morgan fingerprint density at radius 2 is 1.57 bits per heavy atom. The van der Waals surface area contributed by atoms with Crippen molar-refractivity contribution in [3.05, 3.63) is 72.6 Å². The molecular formula is C27H27N5O7S. The number of nitrogens with zero attached hydrogens (tertiary/aromatic N) is 4. The molecule has 4 aromatic rings. The SMILES string of the molecule is COc1ccccc1Oc1c(NS(=O)(=O)c2ccc(C(C)(C)C)cc2)nc(-c2ncccn2)nc1OCC(=O)O. The van der Waals surface area contributed by atoms with E-state index in [0.29, 0.717) is 5.75 Å². The van der Waals surface area contributed by atoms with Gasteiger partial charge < -0.3 is 19.3 Å². The third-order valence-electron chi connectivity index (χ3n) is 5.48. The first kappa shape index (κ1) is 28.2. The number of benzene rings is 2. The number of ether oxygens (including phenoxy) is 3. The van der Waals surface area contributed by atoms with Crippen molar-refractivity contribution in [1.29, 1.82) is 0 Å². The predicted molar refractivity (Wildman–Crippen MR) is 145 cm³/mol. The van der Waals surface area contributed by atoms with Crippen molar-refractivity contribution in [3.8, 4) is 34.8 Å². The van der Waals surface area contributed by atoms with E-state index in [2.05, 4.69) is 24.7 Å². The summed E-state index contributed by atoms with van der Waals surface area (Å²) in [6.07, 6.45) is 2.90. The fourth-order valence-corrected chi connectivity index (χ4v) is 4.47. The third kappa shape index (κ3) is 6.61. The van der Waals surface area contributed by atoms with E-state index in [-0.39, 0.29) is 45.2 Å². The van der Waals surface area contributed by atoms with Crippen LogP contribution in [0.3, 0.4) is 0 Å². The zero-order valence-electron chi connectivity index (χ0n) is 22.2. The minimum absolute atomic E-state index is 0.0344. The van der Waals surface area contributed by atoms with Crippen LogP contribution in [0.4, 0.5) is 5.82 Å². The fraction of sp³-hybridized carbons (Fsp3) is 0.222. The zero-order chi connectivity index (χ0) is 28.9. The molecule has 4 rings (SSSR count). The maximum absolute atomic E-state index is 13.5. The van der Waals surface area contributed by atoms with E-state index in [1.807, 2.05) is 20.8 Å². The van der Waals surface area contributed by atoms with Gasteiger partial charge in [-0.2, -0.15) is 4.98 Å². The van der Waals surface area contributed by atoms with Gasteiger partial charge in [-0.3, -0.25) is 4.72 Å². The Morgan fingerprint density at radius 1 is 0.925 bits per heavy atom. The Bertz CT molecular complexity index is 1610. The van der Waals surface area contributed by atoms with Gasteiger partial charge in [0.1, 0.15) is 0 Å². The first-order chi connectivity index (χ1) is 19.0. The monoisotopic (exact) mass is 565 g/mol. The molecule has 0 aliphatic rings. The van der Waals surface area contributed by atoms with Crippen LogP contribution in [-0.4, -0.2) is 53.1 Å². The van der Waals surface area contributed by atoms with Crippen molar-refractivity contribution in [2.24, 2.45) is 0 Å². The number of nitrogens with one attached hydrogen (secondary N) is 1. The summed E-state index contributed by atoms with van der Waals surface area (Å²) in [5.41, 5.74) is 0.764. The molecule has 12 nitrogen and oxygen atoms in total. The number of sulfonamides is 1. The van der Waals surface area contributed by atoms with Gasteiger partial charge in [-0.05, 0) is 41.3 Å². The Morgan fingerprint density at radius 3 is 2.17 bits per heavy atom. The average molecular weight is 566 g/mol. The minimum Gasteiger partial charge on any atom is -0.493 e. The lowest BCUT2D eigenvalue weighted by atomic mass is 9.87. The summed E-state index contributed by atoms with van der Waals surface area (Å²) in [4.78, 5) is 28.1. The largest absolute Gasteiger partial charge is 0.493 e. The second-order valence-corrected chi connectivity index (χ2v) is 11.1. The number of carboxylic acids is 1. The summed E-state index contributed by atoms with van der Waals surface area (Å²) in [6, 6.07) is 14.6. The Labute approximate surface area is 231 Å². The molecule has 2 aromatic carbocycles. The number of aromatic nitrogens is 4. The van der Waals surface area contributed by atoms with Crippen LogP contribution in [0.25, 0.3) is 11.6 Å². The summed E-state index contributed by atoms with van der Waals surface area (Å²) in [6.45, 7) is 5.25. The number of hydrogen-bond donors (Lipinski definition) is 2. The van der Waals surface area contributed by atoms with Gasteiger partial charge in [0.15, 0.2) is 29.7 Å². The van der Waals surface area contributed by atoms with Crippen molar-refractivity contribution >= 4 is 21.8 Å². The van der Waals surface area contributed by atoms with Gasteiger partial charge >= 0.3 is 5.97 Å². The number of methoxy groups -OCH3 is 1. The van der Waals surface area contributed by atoms with Crippen LogP contribution in [0, 0.1) is 0 Å². The highest BCUT2D eigenvalue weighted by molar-refractivity contribution is 7.92. The van der Waals surface area contributed by atoms with Crippen molar-refractivity contribution in [3.63, 3.8) is 0 Å². The van der Waals surface area contributed by atoms with Crippen LogP contribution in [0.2, 0.25) is 0 Å². The highest BCUT2D eigenvalue weighted by atomic mass is 32.2. The topological polar surface area (TPSA) is 163 Å². The van der Waals surface area contributed by atoms with Gasteiger partial charge in [-0.25, -0.2) is 28.2 Å². The first-order valence-corrected chi connectivity index (χ1v) is 13.4. The van der Waals surface area contributed by atoms with Crippen LogP contribution in [0.5, 0.6) is 23.1 Å². The van der Waals surface area contributed by atoms with E-state index < -0.39 is 22.6 Å². The molecule has 0 atom stereocenters. The van der Waals surface area contributed by atoms with Crippen molar-refractivity contribution in [2.45, 2.75) is 31.1 Å². The highest BCUT2D eigenvalue weighted by Gasteiger charge is 2.26. The number of carboxylic acid groups (broad SMARTS) is 1. The van der Waals surface area contributed by atoms with Crippen molar-refractivity contribution in [2.75, 3.05) is 18.4 Å². The third-order valence-corrected chi connectivity index (χ3v) is 6.83. The Hall–Kier alpha value is -4.78. The van der Waals surface area contributed by atoms with Gasteiger partial charge in [-0.1, -0.05) is 45.0 Å². The lowest BCUT2D eigenvalue weighted by Gasteiger charge is -2.20. The first-order valence-electron chi connectivity index (χ1n) is 12.0. The molecule has 208 valence electrons. The molecule has 2 aromatic heterocycles. The molecule has 0 aliphatic heterocycles. The van der Waals surface area contributed by atoms with Gasteiger partial charge in [0, 0.05) is 12.4 Å². The van der Waals surface area contributed by atoms with E-state index in [1.54, 1.807) is 42.5 Å². The maximum atomic E-state index is 13.5. The summed E-state index contributed by atoms with van der Waals surface area (Å²) in [5, 5.41) is 9.24. The lowest BCUT2D eigenvalue weighted by Crippen LogP contribution is -2.18. The molecule has 13 heteroatoms. The molecule has 2 N–H and O–H groups in total. The van der Waals surface area contributed by atoms with Crippen LogP contribution >= 0.6 is 0 Å². The van der Waals surface area contributed by atoms with Crippen molar-refractivity contribution < 1.29 is 32.5 Å². The number of aliphatic carboxylic acids is 1. The van der Waals surface area contributed by atoms with Crippen LogP contribution in [0.15, 0.2) is 71.9 Å². The summed E-state index contributed by atoms with van der Waals surface area (Å²) in [5.74, 6) is -1.87. The minimum atomic E-state index is -4.22. The highest BCUT2D eigenvalue weighted by Crippen LogP contribution is 2.41. The van der Waals surface area contributed by atoms with Crippen LogP contribution in [0.1, 0.15) is 26.3 Å². The molecular weight excluding hydrogens is 538 g/mol. The van der Waals surface area contributed by atoms with Gasteiger partial charge in [0.25, 0.3) is 15.9 Å². The average Bonchev–Trinajstić information content (AvgIpc) is 2.93. The second kappa shape index (κ2) is 11.5. The van der Waals surface area contributed by atoms with E-state index in [0.717, 1.165) is 5.56 Å². The number of carbonyl (C=O) groups is 1. The molecule has 0 spiro atoms. The zero-order valence-corrected chi connectivity index (χ0v) is 23.0. The van der Waals surface area contributed by atoms with Gasteiger partial charge in [0.05, 0.1) is 12.0 Å². The molecule has 2 heterocycles. The molecule has 0 saturated heterocycles. The second-order valence-electron chi connectivity index (χ2n) is 9.42. The Kier molecular flexibility index (Phi) is 8.14. The van der Waals surface area contributed by atoms with E-state index in [9.17, 15) is 18.3 Å². The summed E-state index contributed by atoms with van der Waals surface area (Å²) < 4.78 is 46.2.